The minimum atomic E-state index is -0.537. The summed E-state index contributed by atoms with van der Waals surface area (Å²) in [5.41, 5.74) is 5.77. The van der Waals surface area contributed by atoms with Crippen LogP contribution in [0.5, 0.6) is 0 Å². The molecule has 0 aromatic heterocycles. The molecule has 76 valence electrons. The second-order valence-corrected chi connectivity index (χ2v) is 3.35. The molecule has 2 N–H and O–H groups in total. The van der Waals surface area contributed by atoms with Gasteiger partial charge in [-0.05, 0) is 17.7 Å². The number of halogens is 2. The molecular formula is C9H10ClFN2O. The fourth-order valence-corrected chi connectivity index (χ4v) is 1.19. The van der Waals surface area contributed by atoms with Crippen LogP contribution in [0.3, 0.4) is 0 Å². The lowest BCUT2D eigenvalue weighted by Gasteiger charge is -2.14. The summed E-state index contributed by atoms with van der Waals surface area (Å²) in [5, 5.41) is 0.0420. The zero-order chi connectivity index (χ0) is 10.7. The first-order chi connectivity index (χ1) is 6.50. The van der Waals surface area contributed by atoms with E-state index in [1.165, 1.54) is 17.0 Å². The molecule has 0 fully saturated rings. The predicted molar refractivity (Wildman–Crippen MR) is 52.5 cm³/mol. The van der Waals surface area contributed by atoms with Gasteiger partial charge in [-0.15, -0.1) is 0 Å². The van der Waals surface area contributed by atoms with Crippen molar-refractivity contribution in [3.8, 4) is 0 Å². The SMILES string of the molecule is CN(Cc1ccc(F)c(Cl)c1)C(N)=O. The van der Waals surface area contributed by atoms with Crippen LogP contribution in [0.4, 0.5) is 9.18 Å². The summed E-state index contributed by atoms with van der Waals surface area (Å²) in [6.07, 6.45) is 0. The molecule has 3 nitrogen and oxygen atoms in total. The number of hydrogen-bond acceptors (Lipinski definition) is 1. The molecule has 0 aliphatic heterocycles. The van der Waals surface area contributed by atoms with Crippen molar-refractivity contribution in [2.24, 2.45) is 5.73 Å². The lowest BCUT2D eigenvalue weighted by molar-refractivity contribution is 0.216. The molecule has 5 heteroatoms. The summed E-state index contributed by atoms with van der Waals surface area (Å²) in [4.78, 5) is 12.0. The summed E-state index contributed by atoms with van der Waals surface area (Å²) in [5.74, 6) is -0.475. The van der Waals surface area contributed by atoms with E-state index in [9.17, 15) is 9.18 Å². The van der Waals surface area contributed by atoms with E-state index in [0.717, 1.165) is 5.56 Å². The average Bonchev–Trinajstić information content (AvgIpc) is 2.11. The van der Waals surface area contributed by atoms with E-state index >= 15 is 0 Å². The number of benzene rings is 1. The van der Waals surface area contributed by atoms with Gasteiger partial charge in [-0.2, -0.15) is 0 Å². The zero-order valence-electron chi connectivity index (χ0n) is 7.63. The molecule has 0 spiro atoms. The van der Waals surface area contributed by atoms with Crippen molar-refractivity contribution in [2.75, 3.05) is 7.05 Å². The van der Waals surface area contributed by atoms with E-state index < -0.39 is 11.8 Å². The summed E-state index contributed by atoms with van der Waals surface area (Å²) in [6, 6.07) is 3.74. The highest BCUT2D eigenvalue weighted by Crippen LogP contribution is 2.16. The van der Waals surface area contributed by atoms with Gasteiger partial charge in [0.2, 0.25) is 0 Å². The van der Waals surface area contributed by atoms with E-state index in [2.05, 4.69) is 0 Å². The number of hydrogen-bond donors (Lipinski definition) is 1. The number of rotatable bonds is 2. The third-order valence-corrected chi connectivity index (χ3v) is 2.07. The molecule has 0 saturated heterocycles. The third kappa shape index (κ3) is 2.60. The molecule has 0 aliphatic rings. The first-order valence-electron chi connectivity index (χ1n) is 3.95. The highest BCUT2D eigenvalue weighted by Gasteiger charge is 2.06. The first kappa shape index (κ1) is 10.8. The smallest absolute Gasteiger partial charge is 0.314 e. The number of urea groups is 1. The summed E-state index contributed by atoms with van der Waals surface area (Å²) < 4.78 is 12.8. The Morgan fingerprint density at radius 3 is 2.79 bits per heavy atom. The van der Waals surface area contributed by atoms with E-state index in [1.54, 1.807) is 13.1 Å². The van der Waals surface area contributed by atoms with Crippen LogP contribution in [0, 0.1) is 5.82 Å². The van der Waals surface area contributed by atoms with Crippen LogP contribution in [0.1, 0.15) is 5.56 Å². The minimum absolute atomic E-state index is 0.0420. The maximum atomic E-state index is 12.8. The normalized spacial score (nSPS) is 9.93. The summed E-state index contributed by atoms with van der Waals surface area (Å²) in [7, 11) is 1.56. The van der Waals surface area contributed by atoms with E-state index in [4.69, 9.17) is 17.3 Å². The molecule has 1 aromatic carbocycles. The molecular weight excluding hydrogens is 207 g/mol. The van der Waals surface area contributed by atoms with Crippen LogP contribution in [0.25, 0.3) is 0 Å². The largest absolute Gasteiger partial charge is 0.351 e. The summed E-state index contributed by atoms with van der Waals surface area (Å²) in [6.45, 7) is 0.315. The number of primary amides is 1. The maximum Gasteiger partial charge on any atom is 0.314 e. The standard InChI is InChI=1S/C9H10ClFN2O/c1-13(9(12)14)5-6-2-3-8(11)7(10)4-6/h2-4H,5H2,1H3,(H2,12,14). The molecule has 0 bridgehead atoms. The van der Waals surface area contributed by atoms with Gasteiger partial charge < -0.3 is 10.6 Å². The molecule has 14 heavy (non-hydrogen) atoms. The Labute approximate surface area is 86.3 Å². The highest BCUT2D eigenvalue weighted by molar-refractivity contribution is 6.30. The van der Waals surface area contributed by atoms with Crippen molar-refractivity contribution in [3.05, 3.63) is 34.6 Å². The van der Waals surface area contributed by atoms with Gasteiger partial charge in [-0.25, -0.2) is 9.18 Å². The van der Waals surface area contributed by atoms with Crippen molar-refractivity contribution in [1.82, 2.24) is 4.90 Å². The molecule has 1 aromatic rings. The van der Waals surface area contributed by atoms with Crippen molar-refractivity contribution >= 4 is 17.6 Å². The third-order valence-electron chi connectivity index (χ3n) is 1.78. The van der Waals surface area contributed by atoms with Crippen LogP contribution in [-0.4, -0.2) is 18.0 Å². The Kier molecular flexibility index (Phi) is 3.30. The topological polar surface area (TPSA) is 46.3 Å². The Balaban J connectivity index is 2.78. The lowest BCUT2D eigenvalue weighted by Crippen LogP contribution is -2.31. The molecule has 0 radical (unpaired) electrons. The number of carbonyl (C=O) groups excluding carboxylic acids is 1. The Hall–Kier alpha value is -1.29. The van der Waals surface area contributed by atoms with Crippen LogP contribution in [0.2, 0.25) is 5.02 Å². The molecule has 0 unspecified atom stereocenters. The number of nitrogens with two attached hydrogens (primary N) is 1. The van der Waals surface area contributed by atoms with Gasteiger partial charge in [0.05, 0.1) is 5.02 Å². The number of carbonyl (C=O) groups is 1. The van der Waals surface area contributed by atoms with Crippen LogP contribution >= 0.6 is 11.6 Å². The van der Waals surface area contributed by atoms with Crippen molar-refractivity contribution in [2.45, 2.75) is 6.54 Å². The van der Waals surface area contributed by atoms with Gasteiger partial charge in [0.15, 0.2) is 0 Å². The molecule has 0 heterocycles. The zero-order valence-corrected chi connectivity index (χ0v) is 8.38. The molecule has 2 amide bonds. The van der Waals surface area contributed by atoms with Crippen molar-refractivity contribution in [3.63, 3.8) is 0 Å². The lowest BCUT2D eigenvalue weighted by atomic mass is 10.2. The van der Waals surface area contributed by atoms with Crippen LogP contribution < -0.4 is 5.73 Å². The predicted octanol–water partition coefficient (Wildman–Crippen LogP) is 1.99. The fourth-order valence-electron chi connectivity index (χ4n) is 0.990. The van der Waals surface area contributed by atoms with E-state index in [1.807, 2.05) is 0 Å². The second kappa shape index (κ2) is 4.28. The van der Waals surface area contributed by atoms with Gasteiger partial charge in [0.25, 0.3) is 0 Å². The molecule has 1 rings (SSSR count). The number of nitrogens with zero attached hydrogens (tertiary/aromatic N) is 1. The highest BCUT2D eigenvalue weighted by atomic mass is 35.5. The van der Waals surface area contributed by atoms with Crippen molar-refractivity contribution < 1.29 is 9.18 Å². The Morgan fingerprint density at radius 2 is 2.29 bits per heavy atom. The minimum Gasteiger partial charge on any atom is -0.351 e. The maximum absolute atomic E-state index is 12.8. The molecule has 0 aliphatic carbocycles. The van der Waals surface area contributed by atoms with Crippen molar-refractivity contribution in [1.29, 1.82) is 0 Å². The molecule has 0 saturated carbocycles. The fraction of sp³-hybridized carbons (Fsp3) is 0.222. The molecule has 0 atom stereocenters. The van der Waals surface area contributed by atoms with Gasteiger partial charge in [-0.1, -0.05) is 17.7 Å². The summed E-state index contributed by atoms with van der Waals surface area (Å²) >= 11 is 5.57. The van der Waals surface area contributed by atoms with E-state index in [-0.39, 0.29) is 5.02 Å². The second-order valence-electron chi connectivity index (χ2n) is 2.94. The van der Waals surface area contributed by atoms with E-state index in [0.29, 0.717) is 6.54 Å². The number of amides is 2. The Bertz CT molecular complexity index is 357. The van der Waals surface area contributed by atoms with Gasteiger partial charge in [0.1, 0.15) is 5.82 Å². The van der Waals surface area contributed by atoms with Gasteiger partial charge in [0, 0.05) is 13.6 Å². The van der Waals surface area contributed by atoms with Crippen LogP contribution in [-0.2, 0) is 6.54 Å². The first-order valence-corrected chi connectivity index (χ1v) is 4.33. The van der Waals surface area contributed by atoms with Gasteiger partial charge >= 0.3 is 6.03 Å². The average molecular weight is 217 g/mol. The monoisotopic (exact) mass is 216 g/mol. The van der Waals surface area contributed by atoms with Gasteiger partial charge in [-0.3, -0.25) is 0 Å². The Morgan fingerprint density at radius 1 is 1.64 bits per heavy atom. The quantitative estimate of drug-likeness (QED) is 0.808. The van der Waals surface area contributed by atoms with Crippen LogP contribution in [0.15, 0.2) is 18.2 Å².